The van der Waals surface area contributed by atoms with Crippen molar-refractivity contribution in [1.29, 1.82) is 0 Å². The molecule has 0 aromatic heterocycles. The molecule has 0 spiro atoms. The quantitative estimate of drug-likeness (QED) is 0.770. The molecular weight excluding hydrogens is 265 g/mol. The molecule has 0 radical (unpaired) electrons. The Morgan fingerprint density at radius 3 is 2.07 bits per heavy atom. The Labute approximate surface area is 91.8 Å². The van der Waals surface area contributed by atoms with Gasteiger partial charge in [-0.1, -0.05) is 3.77 Å². The minimum absolute atomic E-state index is 0.105. The topological polar surface area (TPSA) is 63.6 Å². The van der Waals surface area contributed by atoms with E-state index in [1.54, 1.807) is 0 Å². The Balaban J connectivity index is 3.36. The first kappa shape index (κ1) is 12.4. The molecule has 0 heterocycles. The molecule has 1 aromatic carbocycles. The van der Waals surface area contributed by atoms with E-state index >= 15 is 0 Å². The Hall–Kier alpha value is -0.660. The van der Waals surface area contributed by atoms with Crippen LogP contribution in [0.1, 0.15) is 0 Å². The molecule has 1 atom stereocenters. The predicted octanol–water partition coefficient (Wildman–Crippen LogP) is 1.77. The molecule has 0 unspecified atom stereocenters. The molecule has 0 amide bonds. The number of nitrogens with zero attached hydrogens (tertiary/aromatic N) is 1. The second-order valence-corrected chi connectivity index (χ2v) is 7.41. The summed E-state index contributed by atoms with van der Waals surface area (Å²) in [6.07, 6.45) is 1.11. The van der Waals surface area contributed by atoms with E-state index in [-0.39, 0.29) is 4.90 Å². The van der Waals surface area contributed by atoms with Gasteiger partial charge in [0, 0.05) is 21.8 Å². The highest BCUT2D eigenvalue weighted by atomic mass is 35.7. The van der Waals surface area contributed by atoms with Gasteiger partial charge in [-0.3, -0.25) is 0 Å². The van der Waals surface area contributed by atoms with Gasteiger partial charge in [-0.25, -0.2) is 8.60 Å². The average molecular weight is 272 g/mol. The van der Waals surface area contributed by atoms with Crippen LogP contribution in [0, 0.1) is 5.82 Å². The smallest absolute Gasteiger partial charge is 0.244 e. The maximum Gasteiger partial charge on any atom is 0.347 e. The van der Waals surface area contributed by atoms with Crippen molar-refractivity contribution in [1.82, 2.24) is 0 Å². The van der Waals surface area contributed by atoms with Crippen molar-refractivity contribution in [2.45, 2.75) is 4.90 Å². The Kier molecular flexibility index (Phi) is 3.37. The fourth-order valence-corrected chi connectivity index (χ4v) is 4.21. The molecule has 0 aliphatic carbocycles. The Morgan fingerprint density at radius 2 is 1.67 bits per heavy atom. The third kappa shape index (κ3) is 3.77. The normalized spacial score (nSPS) is 15.7. The minimum atomic E-state index is -4.21. The molecule has 0 aliphatic heterocycles. The first-order valence-electron chi connectivity index (χ1n) is 3.64. The van der Waals surface area contributed by atoms with Crippen molar-refractivity contribution in [3.05, 3.63) is 30.1 Å². The minimum Gasteiger partial charge on any atom is -0.244 e. The van der Waals surface area contributed by atoms with Crippen LogP contribution in [0.5, 0.6) is 0 Å². The second kappa shape index (κ2) is 4.07. The van der Waals surface area contributed by atoms with Crippen LogP contribution in [-0.4, -0.2) is 18.9 Å². The van der Waals surface area contributed by atoms with Crippen molar-refractivity contribution in [3.63, 3.8) is 0 Å². The lowest BCUT2D eigenvalue weighted by atomic mass is 10.4. The summed E-state index contributed by atoms with van der Waals surface area (Å²) in [4.78, 5) is 0.105. The number of benzene rings is 1. The van der Waals surface area contributed by atoms with Crippen molar-refractivity contribution in [2.24, 2.45) is 3.77 Å². The summed E-state index contributed by atoms with van der Waals surface area (Å²) in [5, 5.41) is 0. The zero-order valence-corrected chi connectivity index (χ0v) is 9.94. The lowest BCUT2D eigenvalue weighted by Crippen LogP contribution is -2.00. The molecule has 0 fully saturated rings. The van der Waals surface area contributed by atoms with Gasteiger partial charge in [0.2, 0.25) is 0 Å². The van der Waals surface area contributed by atoms with Crippen molar-refractivity contribution < 1.29 is 17.0 Å². The number of rotatable bonds is 2. The molecule has 84 valence electrons. The maximum absolute atomic E-state index is 12.5. The summed E-state index contributed by atoms with van der Waals surface area (Å²) < 4.78 is 48.6. The van der Waals surface area contributed by atoms with Crippen LogP contribution in [0.4, 0.5) is 4.39 Å². The van der Waals surface area contributed by atoms with Gasteiger partial charge in [0.25, 0.3) is 0 Å². The molecule has 0 saturated heterocycles. The summed E-state index contributed by atoms with van der Waals surface area (Å²) >= 11 is 0. The van der Waals surface area contributed by atoms with Gasteiger partial charge in [-0.15, -0.1) is 0 Å². The SMILES string of the molecule is C[S@](=O)(=NS(=O)(=O)Cl)c1ccc(F)cc1. The van der Waals surface area contributed by atoms with Crippen LogP contribution < -0.4 is 0 Å². The molecule has 0 N–H and O–H groups in total. The van der Waals surface area contributed by atoms with Crippen LogP contribution in [0.25, 0.3) is 0 Å². The van der Waals surface area contributed by atoms with Crippen LogP contribution in [0.2, 0.25) is 0 Å². The maximum atomic E-state index is 12.5. The summed E-state index contributed by atoms with van der Waals surface area (Å²) in [6, 6.07) is 4.52. The van der Waals surface area contributed by atoms with Crippen LogP contribution in [0.15, 0.2) is 32.9 Å². The number of halogens is 2. The summed E-state index contributed by atoms with van der Waals surface area (Å²) in [7, 11) is -2.51. The standard InChI is InChI=1S/C7H7ClFNO3S2/c1-14(11,10-15(8,12)13)7-4-2-6(9)3-5-7/h2-5H,1H3/t14-/m1/s1. The van der Waals surface area contributed by atoms with E-state index in [1.165, 1.54) is 12.1 Å². The predicted molar refractivity (Wildman–Crippen MR) is 55.9 cm³/mol. The van der Waals surface area contributed by atoms with E-state index in [4.69, 9.17) is 10.7 Å². The highest BCUT2D eigenvalue weighted by Crippen LogP contribution is 2.15. The van der Waals surface area contributed by atoms with Gasteiger partial charge in [-0.05, 0) is 24.3 Å². The monoisotopic (exact) mass is 271 g/mol. The third-order valence-corrected chi connectivity index (χ3v) is 4.99. The van der Waals surface area contributed by atoms with Crippen LogP contribution in [-0.2, 0) is 19.0 Å². The van der Waals surface area contributed by atoms with Gasteiger partial charge in [0.1, 0.15) is 5.82 Å². The summed E-state index contributed by atoms with van der Waals surface area (Å²) in [5.41, 5.74) is 0. The highest BCUT2D eigenvalue weighted by Gasteiger charge is 2.11. The molecular formula is C7H7ClFNO3S2. The third-order valence-electron chi connectivity index (χ3n) is 1.48. The van der Waals surface area contributed by atoms with Gasteiger partial charge in [-0.2, -0.15) is 8.42 Å². The lowest BCUT2D eigenvalue weighted by molar-refractivity contribution is 0.611. The van der Waals surface area contributed by atoms with Gasteiger partial charge in [0.05, 0.1) is 9.73 Å². The van der Waals surface area contributed by atoms with Gasteiger partial charge < -0.3 is 0 Å². The van der Waals surface area contributed by atoms with E-state index < -0.39 is 24.8 Å². The second-order valence-electron chi connectivity index (χ2n) is 2.74. The molecule has 0 bridgehead atoms. The first-order chi connectivity index (χ1) is 6.71. The van der Waals surface area contributed by atoms with E-state index in [0.29, 0.717) is 0 Å². The van der Waals surface area contributed by atoms with Gasteiger partial charge in [0.15, 0.2) is 0 Å². The molecule has 0 saturated carbocycles. The largest absolute Gasteiger partial charge is 0.347 e. The zero-order valence-electron chi connectivity index (χ0n) is 7.55. The molecule has 1 aromatic rings. The molecule has 15 heavy (non-hydrogen) atoms. The highest BCUT2D eigenvalue weighted by molar-refractivity contribution is 8.17. The fourth-order valence-electron chi connectivity index (χ4n) is 0.900. The first-order valence-corrected chi connectivity index (χ1v) is 7.83. The van der Waals surface area contributed by atoms with E-state index in [1.807, 2.05) is 0 Å². The fraction of sp³-hybridized carbons (Fsp3) is 0.143. The Morgan fingerprint density at radius 1 is 1.20 bits per heavy atom. The molecule has 0 aliphatic rings. The number of hydrogen-bond donors (Lipinski definition) is 0. The molecule has 8 heteroatoms. The average Bonchev–Trinajstić information content (AvgIpc) is 2.00. The van der Waals surface area contributed by atoms with E-state index in [0.717, 1.165) is 18.4 Å². The van der Waals surface area contributed by atoms with Crippen molar-refractivity contribution in [2.75, 3.05) is 6.26 Å². The van der Waals surface area contributed by atoms with Crippen LogP contribution in [0.3, 0.4) is 0 Å². The molecule has 4 nitrogen and oxygen atoms in total. The Bertz CT molecular complexity index is 573. The van der Waals surface area contributed by atoms with Crippen molar-refractivity contribution >= 4 is 29.6 Å². The zero-order chi connectivity index (χ0) is 11.7. The van der Waals surface area contributed by atoms with Gasteiger partial charge >= 0.3 is 9.24 Å². The summed E-state index contributed by atoms with van der Waals surface area (Å²) in [5.74, 6) is -0.511. The molecule has 1 rings (SSSR count). The summed E-state index contributed by atoms with van der Waals surface area (Å²) in [6.45, 7) is 0. The number of hydrogen-bond acceptors (Lipinski definition) is 3. The van der Waals surface area contributed by atoms with E-state index in [2.05, 4.69) is 3.77 Å². The van der Waals surface area contributed by atoms with Crippen molar-refractivity contribution in [3.8, 4) is 0 Å². The lowest BCUT2D eigenvalue weighted by Gasteiger charge is -2.01. The van der Waals surface area contributed by atoms with Crippen LogP contribution >= 0.6 is 10.7 Å². The van der Waals surface area contributed by atoms with E-state index in [9.17, 15) is 17.0 Å².